The molecule has 0 radical (unpaired) electrons. The first-order valence-electron chi connectivity index (χ1n) is 5.97. The summed E-state index contributed by atoms with van der Waals surface area (Å²) in [6.07, 6.45) is 1.50. The van der Waals surface area contributed by atoms with Crippen molar-refractivity contribution in [3.8, 4) is 0 Å². The molecule has 5 nitrogen and oxygen atoms in total. The fourth-order valence-corrected chi connectivity index (χ4v) is 2.17. The minimum absolute atomic E-state index is 0.256. The number of aromatic nitrogens is 2. The highest BCUT2D eigenvalue weighted by molar-refractivity contribution is 6.31. The number of aliphatic hydroxyl groups is 1. The van der Waals surface area contributed by atoms with E-state index in [4.69, 9.17) is 21.1 Å². The van der Waals surface area contributed by atoms with Crippen LogP contribution in [0.15, 0.2) is 6.20 Å². The van der Waals surface area contributed by atoms with Crippen LogP contribution in [0.25, 0.3) is 0 Å². The van der Waals surface area contributed by atoms with E-state index in [1.807, 2.05) is 6.92 Å². The number of halogens is 1. The predicted octanol–water partition coefficient (Wildman–Crippen LogP) is 1.89. The van der Waals surface area contributed by atoms with Crippen molar-refractivity contribution in [2.75, 3.05) is 27.4 Å². The van der Waals surface area contributed by atoms with Gasteiger partial charge in [0.15, 0.2) is 0 Å². The molecule has 0 aliphatic heterocycles. The van der Waals surface area contributed by atoms with Gasteiger partial charge in [0.1, 0.15) is 0 Å². The normalized spacial score (nSPS) is 14.7. The Hall–Kier alpha value is -0.620. The van der Waals surface area contributed by atoms with Gasteiger partial charge in [0.05, 0.1) is 36.2 Å². The molecule has 1 rings (SSSR count). The molecule has 1 aromatic rings. The minimum Gasteiger partial charge on any atom is -0.387 e. The van der Waals surface area contributed by atoms with Crippen molar-refractivity contribution in [3.05, 3.63) is 16.9 Å². The van der Waals surface area contributed by atoms with Gasteiger partial charge < -0.3 is 14.6 Å². The Kier molecular flexibility index (Phi) is 6.63. The quantitative estimate of drug-likeness (QED) is 0.788. The highest BCUT2D eigenvalue weighted by Gasteiger charge is 2.20. The third-order valence-electron chi connectivity index (χ3n) is 2.73. The first-order chi connectivity index (χ1) is 8.60. The highest BCUT2D eigenvalue weighted by atomic mass is 35.5. The molecule has 0 bridgehead atoms. The molecule has 1 aromatic heterocycles. The summed E-state index contributed by atoms with van der Waals surface area (Å²) in [5.74, 6) is 0.256. The van der Waals surface area contributed by atoms with Gasteiger partial charge in [0.2, 0.25) is 0 Å². The lowest BCUT2D eigenvalue weighted by Crippen LogP contribution is -2.16. The van der Waals surface area contributed by atoms with E-state index in [0.717, 1.165) is 0 Å². The Labute approximate surface area is 113 Å². The first-order valence-corrected chi connectivity index (χ1v) is 6.35. The molecule has 0 spiro atoms. The number of hydrogen-bond acceptors (Lipinski definition) is 4. The summed E-state index contributed by atoms with van der Waals surface area (Å²) < 4.78 is 11.8. The molecule has 0 aliphatic carbocycles. The topological polar surface area (TPSA) is 56.5 Å². The monoisotopic (exact) mass is 276 g/mol. The summed E-state index contributed by atoms with van der Waals surface area (Å²) in [7, 11) is 3.28. The molecule has 0 saturated heterocycles. The standard InChI is InChI=1S/C12H21ClN2O3/c1-9(8-18-3)6-11(16)12-10(13)7-14-15(12)4-5-17-2/h7,9,11,16H,4-6,8H2,1-3H3. The Morgan fingerprint density at radius 1 is 1.44 bits per heavy atom. The van der Waals surface area contributed by atoms with Crippen molar-refractivity contribution in [1.82, 2.24) is 9.78 Å². The van der Waals surface area contributed by atoms with Gasteiger partial charge >= 0.3 is 0 Å². The molecular formula is C12H21ClN2O3. The van der Waals surface area contributed by atoms with Crippen molar-refractivity contribution in [3.63, 3.8) is 0 Å². The van der Waals surface area contributed by atoms with E-state index in [1.165, 1.54) is 0 Å². The van der Waals surface area contributed by atoms with E-state index in [0.29, 0.717) is 36.9 Å². The lowest BCUT2D eigenvalue weighted by Gasteiger charge is -2.17. The van der Waals surface area contributed by atoms with Gasteiger partial charge in [-0.15, -0.1) is 0 Å². The van der Waals surface area contributed by atoms with Crippen LogP contribution in [-0.2, 0) is 16.0 Å². The minimum atomic E-state index is -0.637. The molecule has 0 fully saturated rings. The molecule has 18 heavy (non-hydrogen) atoms. The van der Waals surface area contributed by atoms with Crippen LogP contribution in [0.3, 0.4) is 0 Å². The lowest BCUT2D eigenvalue weighted by molar-refractivity contribution is 0.0947. The lowest BCUT2D eigenvalue weighted by atomic mass is 10.0. The Morgan fingerprint density at radius 3 is 2.78 bits per heavy atom. The molecule has 0 saturated carbocycles. The summed E-state index contributed by atoms with van der Waals surface area (Å²) in [6.45, 7) is 3.75. The maximum absolute atomic E-state index is 10.2. The SMILES string of the molecule is COCCn1ncc(Cl)c1C(O)CC(C)COC. The number of rotatable bonds is 8. The van der Waals surface area contributed by atoms with E-state index >= 15 is 0 Å². The van der Waals surface area contributed by atoms with Crippen molar-refractivity contribution >= 4 is 11.6 Å². The molecule has 1 heterocycles. The molecule has 104 valence electrons. The molecule has 0 aromatic carbocycles. The number of hydrogen-bond donors (Lipinski definition) is 1. The van der Waals surface area contributed by atoms with E-state index in [-0.39, 0.29) is 5.92 Å². The van der Waals surface area contributed by atoms with Crippen LogP contribution in [0, 0.1) is 5.92 Å². The second-order valence-electron chi connectivity index (χ2n) is 4.41. The average molecular weight is 277 g/mol. The van der Waals surface area contributed by atoms with Gasteiger partial charge in [-0.25, -0.2) is 0 Å². The smallest absolute Gasteiger partial charge is 0.0975 e. The van der Waals surface area contributed by atoms with Crippen LogP contribution in [0.4, 0.5) is 0 Å². The Morgan fingerprint density at radius 2 is 2.17 bits per heavy atom. The predicted molar refractivity (Wildman–Crippen MR) is 69.7 cm³/mol. The van der Waals surface area contributed by atoms with E-state index < -0.39 is 6.10 Å². The summed E-state index contributed by atoms with van der Waals surface area (Å²) in [4.78, 5) is 0. The Balaban J connectivity index is 2.70. The Bertz CT molecular complexity index is 357. The molecule has 6 heteroatoms. The van der Waals surface area contributed by atoms with Crippen molar-refractivity contribution in [1.29, 1.82) is 0 Å². The second-order valence-corrected chi connectivity index (χ2v) is 4.81. The van der Waals surface area contributed by atoms with Gasteiger partial charge in [0, 0.05) is 20.8 Å². The van der Waals surface area contributed by atoms with Crippen LogP contribution >= 0.6 is 11.6 Å². The fraction of sp³-hybridized carbons (Fsp3) is 0.750. The van der Waals surface area contributed by atoms with E-state index in [2.05, 4.69) is 5.10 Å². The maximum atomic E-state index is 10.2. The highest BCUT2D eigenvalue weighted by Crippen LogP contribution is 2.27. The third-order valence-corrected chi connectivity index (χ3v) is 3.02. The zero-order valence-electron chi connectivity index (χ0n) is 11.1. The van der Waals surface area contributed by atoms with Crippen molar-refractivity contribution in [2.45, 2.75) is 26.0 Å². The number of nitrogens with zero attached hydrogens (tertiary/aromatic N) is 2. The van der Waals surface area contributed by atoms with Crippen LogP contribution in [0.5, 0.6) is 0 Å². The van der Waals surface area contributed by atoms with Crippen molar-refractivity contribution < 1.29 is 14.6 Å². The van der Waals surface area contributed by atoms with Crippen LogP contribution in [-0.4, -0.2) is 42.3 Å². The fourth-order valence-electron chi connectivity index (χ4n) is 1.90. The first kappa shape index (κ1) is 15.4. The van der Waals surface area contributed by atoms with E-state index in [1.54, 1.807) is 25.1 Å². The van der Waals surface area contributed by atoms with Gasteiger partial charge in [0.25, 0.3) is 0 Å². The second kappa shape index (κ2) is 7.74. The third kappa shape index (κ3) is 4.24. The summed E-state index contributed by atoms with van der Waals surface area (Å²) in [5, 5.41) is 14.9. The molecule has 0 aliphatic rings. The van der Waals surface area contributed by atoms with Gasteiger partial charge in [-0.05, 0) is 12.3 Å². The zero-order chi connectivity index (χ0) is 13.5. The summed E-state index contributed by atoms with van der Waals surface area (Å²) in [6, 6.07) is 0. The maximum Gasteiger partial charge on any atom is 0.0975 e. The molecule has 0 amide bonds. The van der Waals surface area contributed by atoms with Gasteiger partial charge in [-0.2, -0.15) is 5.10 Å². The van der Waals surface area contributed by atoms with Gasteiger partial charge in [-0.3, -0.25) is 4.68 Å². The number of methoxy groups -OCH3 is 2. The summed E-state index contributed by atoms with van der Waals surface area (Å²) in [5.41, 5.74) is 0.650. The number of ether oxygens (including phenoxy) is 2. The van der Waals surface area contributed by atoms with Crippen LogP contribution in [0.2, 0.25) is 5.02 Å². The molecule has 1 N–H and O–H groups in total. The largest absolute Gasteiger partial charge is 0.387 e. The summed E-state index contributed by atoms with van der Waals surface area (Å²) >= 11 is 6.06. The number of aliphatic hydroxyl groups excluding tert-OH is 1. The zero-order valence-corrected chi connectivity index (χ0v) is 11.9. The van der Waals surface area contributed by atoms with Crippen LogP contribution < -0.4 is 0 Å². The molecule has 2 atom stereocenters. The van der Waals surface area contributed by atoms with E-state index in [9.17, 15) is 5.11 Å². The molecular weight excluding hydrogens is 256 g/mol. The molecule has 2 unspecified atom stereocenters. The van der Waals surface area contributed by atoms with Crippen molar-refractivity contribution in [2.24, 2.45) is 5.92 Å². The van der Waals surface area contributed by atoms with Gasteiger partial charge in [-0.1, -0.05) is 18.5 Å². The average Bonchev–Trinajstić information content (AvgIpc) is 2.68. The van der Waals surface area contributed by atoms with Crippen LogP contribution in [0.1, 0.15) is 25.1 Å².